The lowest BCUT2D eigenvalue weighted by Crippen LogP contribution is -2.42. The summed E-state index contributed by atoms with van der Waals surface area (Å²) in [6.45, 7) is 4.08. The number of piperidine rings is 1. The topological polar surface area (TPSA) is 24.8 Å². The summed E-state index contributed by atoms with van der Waals surface area (Å²) in [5.41, 5.74) is 2.12. The smallest absolute Gasteiger partial charge is 0.130 e. The first kappa shape index (κ1) is 16.5. The van der Waals surface area contributed by atoms with Crippen molar-refractivity contribution in [1.82, 2.24) is 4.90 Å². The molecule has 0 radical (unpaired) electrons. The molecule has 3 nitrogen and oxygen atoms in total. The van der Waals surface area contributed by atoms with Crippen LogP contribution in [0.5, 0.6) is 11.5 Å². The molecule has 0 aromatic heterocycles. The fourth-order valence-corrected chi connectivity index (χ4v) is 4.31. The lowest BCUT2D eigenvalue weighted by atomic mass is 9.89. The number of hydrogen-bond acceptors (Lipinski definition) is 4. The molecule has 2 aromatic carbocycles. The van der Waals surface area contributed by atoms with E-state index in [2.05, 4.69) is 17.0 Å². The Hall–Kier alpha value is -2.01. The molecule has 0 unspecified atom stereocenters. The minimum Gasteiger partial charge on any atom is -0.457 e. The van der Waals surface area contributed by atoms with Gasteiger partial charge < -0.3 is 9.64 Å². The molecule has 0 bridgehead atoms. The van der Waals surface area contributed by atoms with Crippen molar-refractivity contribution in [3.8, 4) is 11.5 Å². The van der Waals surface area contributed by atoms with E-state index < -0.39 is 0 Å². The molecule has 4 rings (SSSR count). The van der Waals surface area contributed by atoms with Gasteiger partial charge in [0.25, 0.3) is 0 Å². The maximum atomic E-state index is 13.5. The van der Waals surface area contributed by atoms with Gasteiger partial charge in [0.1, 0.15) is 23.2 Å². The van der Waals surface area contributed by atoms with Crippen LogP contribution in [-0.2, 0) is 0 Å². The van der Waals surface area contributed by atoms with Crippen LogP contribution in [0.2, 0.25) is 0 Å². The average molecular weight is 356 g/mol. The number of ether oxygens (including phenoxy) is 1. The Morgan fingerprint density at radius 1 is 1.12 bits per heavy atom. The summed E-state index contributed by atoms with van der Waals surface area (Å²) < 4.78 is 24.0. The average Bonchev–Trinajstić information content (AvgIpc) is 2.61. The van der Waals surface area contributed by atoms with E-state index in [9.17, 15) is 4.39 Å². The highest BCUT2D eigenvalue weighted by molar-refractivity contribution is 7.98. The van der Waals surface area contributed by atoms with Crippen molar-refractivity contribution in [2.24, 2.45) is 4.40 Å². The normalized spacial score (nSPS) is 20.0. The summed E-state index contributed by atoms with van der Waals surface area (Å²) in [5, 5.41) is 0. The maximum absolute atomic E-state index is 13.5. The fourth-order valence-electron chi connectivity index (χ4n) is 3.54. The Bertz CT molecular complexity index is 771. The van der Waals surface area contributed by atoms with Crippen molar-refractivity contribution in [3.05, 3.63) is 59.4 Å². The molecule has 2 aliphatic heterocycles. The first-order valence-corrected chi connectivity index (χ1v) is 9.63. The van der Waals surface area contributed by atoms with Crippen molar-refractivity contribution >= 4 is 17.8 Å². The number of hydrogen-bond donors (Lipinski definition) is 0. The third kappa shape index (κ3) is 3.66. The second-order valence-electron chi connectivity index (χ2n) is 6.60. The number of fused-ring (bicyclic) bond motifs is 1. The highest BCUT2D eigenvalue weighted by Gasteiger charge is 2.29. The number of rotatable bonds is 3. The molecule has 0 saturated carbocycles. The van der Waals surface area contributed by atoms with Crippen LogP contribution in [0.15, 0.2) is 46.9 Å². The Morgan fingerprint density at radius 3 is 2.76 bits per heavy atom. The molecule has 5 heteroatoms. The van der Waals surface area contributed by atoms with Gasteiger partial charge in [-0.25, -0.2) is 8.79 Å². The van der Waals surface area contributed by atoms with Gasteiger partial charge in [0.2, 0.25) is 0 Å². The molecular weight excluding hydrogens is 335 g/mol. The number of aryl methyl sites for hydroxylation is 1. The van der Waals surface area contributed by atoms with Gasteiger partial charge in [0.15, 0.2) is 0 Å². The molecule has 0 aliphatic carbocycles. The number of amidine groups is 1. The van der Waals surface area contributed by atoms with Gasteiger partial charge in [-0.15, -0.1) is 0 Å². The van der Waals surface area contributed by atoms with Crippen LogP contribution in [-0.4, -0.2) is 29.6 Å². The Labute approximate surface area is 152 Å². The molecule has 1 atom stereocenters. The predicted octanol–water partition coefficient (Wildman–Crippen LogP) is 5.17. The Morgan fingerprint density at radius 2 is 1.96 bits per heavy atom. The molecule has 25 heavy (non-hydrogen) atoms. The number of halogens is 1. The van der Waals surface area contributed by atoms with E-state index in [1.165, 1.54) is 30.0 Å². The zero-order chi connectivity index (χ0) is 17.2. The minimum atomic E-state index is -0.276. The van der Waals surface area contributed by atoms with E-state index in [1.54, 1.807) is 11.9 Å². The van der Waals surface area contributed by atoms with Crippen molar-refractivity contribution in [3.63, 3.8) is 0 Å². The van der Waals surface area contributed by atoms with Gasteiger partial charge in [-0.3, -0.25) is 0 Å². The molecule has 2 heterocycles. The van der Waals surface area contributed by atoms with Crippen LogP contribution >= 0.6 is 11.9 Å². The molecular formula is C20H21FN2OS. The molecule has 1 fully saturated rings. The summed E-state index contributed by atoms with van der Waals surface area (Å²) in [5.74, 6) is 3.64. The fraction of sp³-hybridized carbons (Fsp3) is 0.350. The van der Waals surface area contributed by atoms with Gasteiger partial charge in [-0.05, 0) is 67.1 Å². The lowest BCUT2D eigenvalue weighted by molar-refractivity contribution is 0.371. The van der Waals surface area contributed by atoms with E-state index in [-0.39, 0.29) is 5.82 Å². The zero-order valence-corrected chi connectivity index (χ0v) is 15.1. The van der Waals surface area contributed by atoms with Crippen LogP contribution in [0.25, 0.3) is 0 Å². The summed E-state index contributed by atoms with van der Waals surface area (Å²) in [7, 11) is 0. The molecule has 0 amide bonds. The largest absolute Gasteiger partial charge is 0.457 e. The quantitative estimate of drug-likeness (QED) is 0.710. The van der Waals surface area contributed by atoms with Crippen molar-refractivity contribution in [2.45, 2.75) is 25.7 Å². The van der Waals surface area contributed by atoms with Gasteiger partial charge in [-0.2, -0.15) is 0 Å². The second kappa shape index (κ2) is 7.08. The van der Waals surface area contributed by atoms with Crippen LogP contribution in [0.3, 0.4) is 0 Å². The minimum absolute atomic E-state index is 0.276. The van der Waals surface area contributed by atoms with E-state index in [0.29, 0.717) is 11.7 Å². The highest BCUT2D eigenvalue weighted by atomic mass is 32.2. The molecule has 0 spiro atoms. The molecule has 2 aliphatic rings. The van der Waals surface area contributed by atoms with Gasteiger partial charge in [-0.1, -0.05) is 12.1 Å². The monoisotopic (exact) mass is 356 g/mol. The summed E-state index contributed by atoms with van der Waals surface area (Å²) in [6.07, 6.45) is 2.34. The molecule has 130 valence electrons. The van der Waals surface area contributed by atoms with Gasteiger partial charge in [0.05, 0.1) is 0 Å². The molecule has 2 aromatic rings. The Balaban J connectivity index is 1.52. The van der Waals surface area contributed by atoms with E-state index in [4.69, 9.17) is 9.13 Å². The van der Waals surface area contributed by atoms with Crippen LogP contribution < -0.4 is 4.74 Å². The molecule has 0 N–H and O–H groups in total. The van der Waals surface area contributed by atoms with Gasteiger partial charge >= 0.3 is 0 Å². The molecule has 1 saturated heterocycles. The third-order valence-electron chi connectivity index (χ3n) is 4.70. The number of benzene rings is 2. The van der Waals surface area contributed by atoms with Crippen LogP contribution in [0, 0.1) is 12.7 Å². The van der Waals surface area contributed by atoms with Crippen molar-refractivity contribution in [1.29, 1.82) is 0 Å². The SMILES string of the molecule is Cc1cc(F)cc(Oc2ccc([C@@H]3CCCN4CCSN=C34)cc2)c1. The first-order chi connectivity index (χ1) is 12.2. The number of nitrogens with zero attached hydrogens (tertiary/aromatic N) is 2. The maximum Gasteiger partial charge on any atom is 0.130 e. The van der Waals surface area contributed by atoms with E-state index in [1.807, 2.05) is 25.1 Å². The zero-order valence-electron chi connectivity index (χ0n) is 14.2. The predicted molar refractivity (Wildman–Crippen MR) is 101 cm³/mol. The van der Waals surface area contributed by atoms with E-state index >= 15 is 0 Å². The van der Waals surface area contributed by atoms with Gasteiger partial charge in [0, 0.05) is 30.8 Å². The summed E-state index contributed by atoms with van der Waals surface area (Å²) >= 11 is 1.67. The Kier molecular flexibility index (Phi) is 4.66. The standard InChI is InChI=1S/C20H21FN2OS/c1-14-11-16(21)13-18(12-14)24-17-6-4-15(5-7-17)19-3-2-8-23-9-10-25-22-20(19)23/h4-7,11-13,19H,2-3,8-10H2,1H3/t19-/m0/s1. The van der Waals surface area contributed by atoms with Crippen molar-refractivity contribution in [2.75, 3.05) is 18.8 Å². The second-order valence-corrected chi connectivity index (χ2v) is 7.45. The summed E-state index contributed by atoms with van der Waals surface area (Å²) in [4.78, 5) is 2.42. The summed E-state index contributed by atoms with van der Waals surface area (Å²) in [6, 6.07) is 12.9. The van der Waals surface area contributed by atoms with Crippen LogP contribution in [0.4, 0.5) is 4.39 Å². The first-order valence-electron chi connectivity index (χ1n) is 8.69. The van der Waals surface area contributed by atoms with Crippen LogP contribution in [0.1, 0.15) is 29.9 Å². The highest BCUT2D eigenvalue weighted by Crippen LogP contribution is 2.34. The van der Waals surface area contributed by atoms with E-state index in [0.717, 1.165) is 36.6 Å². The third-order valence-corrected chi connectivity index (χ3v) is 5.38. The van der Waals surface area contributed by atoms with Crippen molar-refractivity contribution < 1.29 is 9.13 Å². The lowest BCUT2D eigenvalue weighted by Gasteiger charge is -2.37.